The zero-order chi connectivity index (χ0) is 14.6. The molecule has 0 saturated heterocycles. The SMILES string of the molecule is Cc1nn(CC(O)CN(C)CCC(C)C)c(C)c1N. The van der Waals surface area contributed by atoms with Crippen LogP contribution in [0.1, 0.15) is 31.7 Å². The molecule has 1 aromatic rings. The Hall–Kier alpha value is -1.07. The molecule has 0 bridgehead atoms. The molecule has 1 rings (SSSR count). The van der Waals surface area contributed by atoms with Crippen LogP contribution in [0.25, 0.3) is 0 Å². The first-order valence-electron chi connectivity index (χ1n) is 6.97. The molecule has 0 aliphatic carbocycles. The minimum Gasteiger partial charge on any atom is -0.396 e. The summed E-state index contributed by atoms with van der Waals surface area (Å²) in [6, 6.07) is 0. The molecule has 0 spiro atoms. The van der Waals surface area contributed by atoms with Crippen molar-refractivity contribution in [2.45, 2.75) is 46.8 Å². The van der Waals surface area contributed by atoms with E-state index in [4.69, 9.17) is 5.73 Å². The third-order valence-electron chi connectivity index (χ3n) is 3.43. The van der Waals surface area contributed by atoms with Gasteiger partial charge in [0.1, 0.15) is 0 Å². The zero-order valence-corrected chi connectivity index (χ0v) is 12.8. The third kappa shape index (κ3) is 4.84. The van der Waals surface area contributed by atoms with E-state index in [0.29, 0.717) is 19.0 Å². The fourth-order valence-corrected chi connectivity index (χ4v) is 2.08. The van der Waals surface area contributed by atoms with Gasteiger partial charge in [0.15, 0.2) is 0 Å². The first kappa shape index (κ1) is 16.0. The average Bonchev–Trinajstić information content (AvgIpc) is 2.54. The normalized spacial score (nSPS) is 13.5. The van der Waals surface area contributed by atoms with Crippen LogP contribution >= 0.6 is 0 Å². The molecule has 3 N–H and O–H groups in total. The molecule has 0 saturated carbocycles. The largest absolute Gasteiger partial charge is 0.396 e. The summed E-state index contributed by atoms with van der Waals surface area (Å²) >= 11 is 0. The Morgan fingerprint density at radius 1 is 1.37 bits per heavy atom. The van der Waals surface area contributed by atoms with E-state index in [1.165, 1.54) is 0 Å². The standard InChI is InChI=1S/C14H28N4O/c1-10(2)6-7-17(5)8-13(19)9-18-12(4)14(15)11(3)16-18/h10,13,19H,6-9,15H2,1-5H3. The van der Waals surface area contributed by atoms with Crippen LogP contribution in [0.4, 0.5) is 5.69 Å². The highest BCUT2D eigenvalue weighted by Crippen LogP contribution is 2.15. The highest BCUT2D eigenvalue weighted by molar-refractivity contribution is 5.46. The van der Waals surface area contributed by atoms with Gasteiger partial charge in [-0.05, 0) is 39.8 Å². The molecule has 0 fully saturated rings. The summed E-state index contributed by atoms with van der Waals surface area (Å²) in [4.78, 5) is 2.17. The Kier molecular flexibility index (Phi) is 5.82. The van der Waals surface area contributed by atoms with Gasteiger partial charge in [0.05, 0.1) is 29.7 Å². The van der Waals surface area contributed by atoms with Crippen LogP contribution in [0.5, 0.6) is 0 Å². The van der Waals surface area contributed by atoms with E-state index in [2.05, 4.69) is 23.8 Å². The van der Waals surface area contributed by atoms with Crippen molar-refractivity contribution in [3.8, 4) is 0 Å². The van der Waals surface area contributed by atoms with Crippen LogP contribution in [0, 0.1) is 19.8 Å². The second-order valence-electron chi connectivity index (χ2n) is 5.87. The Labute approximate surface area is 116 Å². The Bertz CT molecular complexity index is 400. The first-order valence-corrected chi connectivity index (χ1v) is 6.97. The lowest BCUT2D eigenvalue weighted by atomic mass is 10.1. The van der Waals surface area contributed by atoms with Gasteiger partial charge in [-0.3, -0.25) is 4.68 Å². The molecule has 0 amide bonds. The molecular formula is C14H28N4O. The molecule has 0 aliphatic rings. The van der Waals surface area contributed by atoms with E-state index >= 15 is 0 Å². The lowest BCUT2D eigenvalue weighted by Gasteiger charge is -2.21. The van der Waals surface area contributed by atoms with Crippen LogP contribution in [-0.4, -0.2) is 46.0 Å². The van der Waals surface area contributed by atoms with Gasteiger partial charge in [0.25, 0.3) is 0 Å². The van der Waals surface area contributed by atoms with Crippen LogP contribution in [-0.2, 0) is 6.54 Å². The topological polar surface area (TPSA) is 67.3 Å². The van der Waals surface area contributed by atoms with E-state index in [0.717, 1.165) is 30.0 Å². The molecular weight excluding hydrogens is 240 g/mol. The van der Waals surface area contributed by atoms with Crippen LogP contribution in [0.2, 0.25) is 0 Å². The number of nitrogen functional groups attached to an aromatic ring is 1. The van der Waals surface area contributed by atoms with Gasteiger partial charge in [0, 0.05) is 6.54 Å². The fraction of sp³-hybridized carbons (Fsp3) is 0.786. The molecule has 5 heteroatoms. The molecule has 1 atom stereocenters. The van der Waals surface area contributed by atoms with Crippen molar-refractivity contribution in [3.05, 3.63) is 11.4 Å². The summed E-state index contributed by atoms with van der Waals surface area (Å²) in [5.74, 6) is 0.690. The number of nitrogens with two attached hydrogens (primary N) is 1. The lowest BCUT2D eigenvalue weighted by Crippen LogP contribution is -2.33. The first-order chi connectivity index (χ1) is 8.81. The summed E-state index contributed by atoms with van der Waals surface area (Å²) < 4.78 is 1.80. The summed E-state index contributed by atoms with van der Waals surface area (Å²) in [5.41, 5.74) is 8.37. The number of aromatic nitrogens is 2. The van der Waals surface area contributed by atoms with Crippen molar-refractivity contribution >= 4 is 5.69 Å². The number of rotatable bonds is 7. The van der Waals surface area contributed by atoms with E-state index in [1.807, 2.05) is 20.9 Å². The molecule has 1 unspecified atom stereocenters. The maximum atomic E-state index is 10.1. The molecule has 0 aromatic carbocycles. The van der Waals surface area contributed by atoms with Gasteiger partial charge in [-0.1, -0.05) is 13.8 Å². The van der Waals surface area contributed by atoms with Crippen molar-refractivity contribution in [1.82, 2.24) is 14.7 Å². The maximum Gasteiger partial charge on any atom is 0.0862 e. The molecule has 5 nitrogen and oxygen atoms in total. The second kappa shape index (κ2) is 6.91. The van der Waals surface area contributed by atoms with Gasteiger partial charge in [0.2, 0.25) is 0 Å². The third-order valence-corrected chi connectivity index (χ3v) is 3.43. The van der Waals surface area contributed by atoms with Gasteiger partial charge in [-0.2, -0.15) is 5.10 Å². The smallest absolute Gasteiger partial charge is 0.0862 e. The van der Waals surface area contributed by atoms with E-state index in [1.54, 1.807) is 4.68 Å². The van der Waals surface area contributed by atoms with Crippen molar-refractivity contribution in [3.63, 3.8) is 0 Å². The van der Waals surface area contributed by atoms with E-state index < -0.39 is 6.10 Å². The van der Waals surface area contributed by atoms with Crippen LogP contribution in [0.15, 0.2) is 0 Å². The Morgan fingerprint density at radius 2 is 2.00 bits per heavy atom. The van der Waals surface area contributed by atoms with Gasteiger partial charge in [-0.25, -0.2) is 0 Å². The lowest BCUT2D eigenvalue weighted by molar-refractivity contribution is 0.104. The number of nitrogens with zero attached hydrogens (tertiary/aromatic N) is 3. The summed E-state index contributed by atoms with van der Waals surface area (Å²) in [5, 5.41) is 14.5. The molecule has 19 heavy (non-hydrogen) atoms. The molecule has 0 aliphatic heterocycles. The van der Waals surface area contributed by atoms with E-state index in [9.17, 15) is 5.11 Å². The van der Waals surface area contributed by atoms with Gasteiger partial charge in [-0.15, -0.1) is 0 Å². The number of anilines is 1. The number of aliphatic hydroxyl groups excluding tert-OH is 1. The number of likely N-dealkylation sites (N-methyl/N-ethyl adjacent to an activating group) is 1. The Morgan fingerprint density at radius 3 is 2.47 bits per heavy atom. The second-order valence-corrected chi connectivity index (χ2v) is 5.87. The number of aliphatic hydroxyl groups is 1. The summed E-state index contributed by atoms with van der Waals surface area (Å²) in [6.45, 7) is 10.4. The van der Waals surface area contributed by atoms with E-state index in [-0.39, 0.29) is 0 Å². The quantitative estimate of drug-likeness (QED) is 0.785. The van der Waals surface area contributed by atoms with Crippen molar-refractivity contribution in [1.29, 1.82) is 0 Å². The predicted octanol–water partition coefficient (Wildman–Crippen LogP) is 1.42. The monoisotopic (exact) mass is 268 g/mol. The molecule has 110 valence electrons. The predicted molar refractivity (Wildman–Crippen MR) is 79.1 cm³/mol. The van der Waals surface area contributed by atoms with Crippen molar-refractivity contribution < 1.29 is 5.11 Å². The molecule has 1 aromatic heterocycles. The molecule has 1 heterocycles. The minimum atomic E-state index is -0.422. The van der Waals surface area contributed by atoms with Gasteiger partial charge >= 0.3 is 0 Å². The number of hydrogen-bond acceptors (Lipinski definition) is 4. The highest BCUT2D eigenvalue weighted by Gasteiger charge is 2.14. The Balaban J connectivity index is 2.46. The number of hydrogen-bond donors (Lipinski definition) is 2. The van der Waals surface area contributed by atoms with Crippen LogP contribution < -0.4 is 5.73 Å². The maximum absolute atomic E-state index is 10.1. The van der Waals surface area contributed by atoms with Crippen molar-refractivity contribution in [2.24, 2.45) is 5.92 Å². The van der Waals surface area contributed by atoms with Gasteiger partial charge < -0.3 is 15.7 Å². The zero-order valence-electron chi connectivity index (χ0n) is 12.8. The highest BCUT2D eigenvalue weighted by atomic mass is 16.3. The average molecular weight is 268 g/mol. The van der Waals surface area contributed by atoms with Crippen LogP contribution in [0.3, 0.4) is 0 Å². The minimum absolute atomic E-state index is 0.422. The molecule has 0 radical (unpaired) electrons. The van der Waals surface area contributed by atoms with Crippen molar-refractivity contribution in [2.75, 3.05) is 25.9 Å². The summed E-state index contributed by atoms with van der Waals surface area (Å²) in [6.07, 6.45) is 0.727. The fourth-order valence-electron chi connectivity index (χ4n) is 2.08. The summed E-state index contributed by atoms with van der Waals surface area (Å²) in [7, 11) is 2.04. The number of aryl methyl sites for hydroxylation is 1.